The van der Waals surface area contributed by atoms with E-state index in [0.717, 1.165) is 37.2 Å². The van der Waals surface area contributed by atoms with E-state index >= 15 is 0 Å². The third kappa shape index (κ3) is 2.18. The predicted molar refractivity (Wildman–Crippen MR) is 86.3 cm³/mol. The van der Waals surface area contributed by atoms with Crippen LogP contribution in [0.15, 0.2) is 22.9 Å². The zero-order valence-electron chi connectivity index (χ0n) is 13.9. The summed E-state index contributed by atoms with van der Waals surface area (Å²) < 4.78 is 10.4. The second kappa shape index (κ2) is 5.58. The van der Waals surface area contributed by atoms with E-state index in [2.05, 4.69) is 20.0 Å². The summed E-state index contributed by atoms with van der Waals surface area (Å²) in [4.78, 5) is 23.5. The number of methoxy groups -OCH3 is 1. The number of hydrogen-bond acceptors (Lipinski definition) is 7. The maximum absolute atomic E-state index is 12.4. The molecule has 0 spiro atoms. The van der Waals surface area contributed by atoms with Crippen molar-refractivity contribution in [2.24, 2.45) is 11.3 Å². The Kier molecular flexibility index (Phi) is 3.51. The van der Waals surface area contributed by atoms with E-state index < -0.39 is 5.41 Å². The third-order valence-corrected chi connectivity index (χ3v) is 5.31. The lowest BCUT2D eigenvalue weighted by molar-refractivity contribution is -0.152. The van der Waals surface area contributed by atoms with Crippen LogP contribution >= 0.6 is 0 Å². The number of esters is 1. The number of carbonyl (C=O) groups excluding carboxylic acids is 1. The molecule has 0 bridgehead atoms. The Morgan fingerprint density at radius 2 is 2.38 bits per heavy atom. The highest BCUT2D eigenvalue weighted by molar-refractivity contribution is 5.80. The summed E-state index contributed by atoms with van der Waals surface area (Å²) in [5, 5.41) is 3.87. The average Bonchev–Trinajstić information content (AvgIpc) is 3.28. The highest BCUT2D eigenvalue weighted by atomic mass is 16.5. The van der Waals surface area contributed by atoms with Gasteiger partial charge in [0.2, 0.25) is 0 Å². The third-order valence-electron chi connectivity index (χ3n) is 5.31. The van der Waals surface area contributed by atoms with Gasteiger partial charge in [0.25, 0.3) is 5.89 Å². The van der Waals surface area contributed by atoms with Crippen molar-refractivity contribution < 1.29 is 14.1 Å². The normalized spacial score (nSPS) is 25.8. The molecule has 1 saturated heterocycles. The van der Waals surface area contributed by atoms with Crippen molar-refractivity contribution in [3.63, 3.8) is 0 Å². The number of pyridine rings is 1. The monoisotopic (exact) mass is 328 g/mol. The molecule has 4 rings (SSSR count). The molecule has 2 aromatic rings. The minimum atomic E-state index is -0.408. The fourth-order valence-corrected chi connectivity index (χ4v) is 4.21. The number of ether oxygens (including phenoxy) is 1. The van der Waals surface area contributed by atoms with Crippen molar-refractivity contribution >= 4 is 11.8 Å². The summed E-state index contributed by atoms with van der Waals surface area (Å²) in [6.07, 6.45) is 4.75. The minimum Gasteiger partial charge on any atom is -0.469 e. The largest absolute Gasteiger partial charge is 0.469 e. The van der Waals surface area contributed by atoms with Crippen LogP contribution < -0.4 is 4.90 Å². The standard InChI is InChI=1S/C17H20N4O3/c1-11-19-15(24-20-11)13-6-4-8-18-14(13)21-9-12-5-3-7-17(12,10-21)16(22)23-2/h4,6,8,12H,3,5,7,9-10H2,1-2H3. The van der Waals surface area contributed by atoms with Crippen LogP contribution in [0.1, 0.15) is 25.1 Å². The van der Waals surface area contributed by atoms with Crippen LogP contribution in [-0.4, -0.2) is 41.3 Å². The van der Waals surface area contributed by atoms with Gasteiger partial charge in [0.05, 0.1) is 18.1 Å². The van der Waals surface area contributed by atoms with Crippen LogP contribution in [0.4, 0.5) is 5.82 Å². The molecule has 2 aliphatic rings. The van der Waals surface area contributed by atoms with Gasteiger partial charge in [-0.2, -0.15) is 4.98 Å². The molecule has 1 aliphatic carbocycles. The zero-order chi connectivity index (χ0) is 16.7. The van der Waals surface area contributed by atoms with E-state index in [1.54, 1.807) is 13.1 Å². The van der Waals surface area contributed by atoms with E-state index in [-0.39, 0.29) is 5.97 Å². The molecular formula is C17H20N4O3. The van der Waals surface area contributed by atoms with Gasteiger partial charge in [0, 0.05) is 19.3 Å². The number of rotatable bonds is 3. The fourth-order valence-electron chi connectivity index (χ4n) is 4.21. The van der Waals surface area contributed by atoms with Crippen molar-refractivity contribution in [3.05, 3.63) is 24.2 Å². The van der Waals surface area contributed by atoms with Gasteiger partial charge < -0.3 is 14.2 Å². The summed E-state index contributed by atoms with van der Waals surface area (Å²) in [6.45, 7) is 3.21. The molecule has 2 aromatic heterocycles. The molecule has 7 heteroatoms. The Morgan fingerprint density at radius 1 is 1.50 bits per heavy atom. The van der Waals surface area contributed by atoms with Crippen LogP contribution in [0.3, 0.4) is 0 Å². The first kappa shape index (κ1) is 15.1. The molecule has 0 radical (unpaired) electrons. The minimum absolute atomic E-state index is 0.0985. The molecular weight excluding hydrogens is 308 g/mol. The summed E-state index contributed by atoms with van der Waals surface area (Å²) in [7, 11) is 1.47. The molecule has 3 heterocycles. The van der Waals surface area contributed by atoms with Crippen molar-refractivity contribution in [3.8, 4) is 11.5 Å². The number of carbonyl (C=O) groups is 1. The Bertz CT molecular complexity index is 775. The van der Waals surface area contributed by atoms with Gasteiger partial charge in [-0.15, -0.1) is 0 Å². The van der Waals surface area contributed by atoms with Crippen LogP contribution in [0.2, 0.25) is 0 Å². The van der Waals surface area contributed by atoms with Gasteiger partial charge in [0.1, 0.15) is 5.82 Å². The van der Waals surface area contributed by atoms with Crippen molar-refractivity contribution in [1.29, 1.82) is 0 Å². The Morgan fingerprint density at radius 3 is 3.12 bits per heavy atom. The van der Waals surface area contributed by atoms with Gasteiger partial charge in [-0.25, -0.2) is 4.98 Å². The fraction of sp³-hybridized carbons (Fsp3) is 0.529. The first-order valence-electron chi connectivity index (χ1n) is 8.23. The van der Waals surface area contributed by atoms with Crippen LogP contribution in [0.25, 0.3) is 11.5 Å². The van der Waals surface area contributed by atoms with Gasteiger partial charge in [-0.3, -0.25) is 4.79 Å². The molecule has 126 valence electrons. The van der Waals surface area contributed by atoms with E-state index in [9.17, 15) is 4.79 Å². The molecule has 0 amide bonds. The Hall–Kier alpha value is -2.44. The van der Waals surface area contributed by atoms with E-state index in [0.29, 0.717) is 24.2 Å². The van der Waals surface area contributed by atoms with Gasteiger partial charge >= 0.3 is 5.97 Å². The zero-order valence-corrected chi connectivity index (χ0v) is 13.9. The molecule has 0 aromatic carbocycles. The topological polar surface area (TPSA) is 81.4 Å². The SMILES string of the molecule is COC(=O)C12CCCC1CN(c1ncccc1-c1nc(C)no1)C2. The summed E-state index contributed by atoms with van der Waals surface area (Å²) in [5.74, 6) is 2.05. The van der Waals surface area contributed by atoms with Crippen molar-refractivity contribution in [1.82, 2.24) is 15.1 Å². The molecule has 7 nitrogen and oxygen atoms in total. The Balaban J connectivity index is 1.70. The van der Waals surface area contributed by atoms with Crippen LogP contribution in [0, 0.1) is 18.3 Å². The predicted octanol–water partition coefficient (Wildman–Crippen LogP) is 2.22. The van der Waals surface area contributed by atoms with Crippen LogP contribution in [-0.2, 0) is 9.53 Å². The quantitative estimate of drug-likeness (QED) is 0.799. The number of aryl methyl sites for hydroxylation is 1. The van der Waals surface area contributed by atoms with E-state index in [4.69, 9.17) is 9.26 Å². The molecule has 1 saturated carbocycles. The Labute approximate surface area is 140 Å². The number of anilines is 1. The van der Waals surface area contributed by atoms with Gasteiger partial charge in [0.15, 0.2) is 5.82 Å². The number of nitrogens with zero attached hydrogens (tertiary/aromatic N) is 4. The smallest absolute Gasteiger partial charge is 0.313 e. The molecule has 2 unspecified atom stereocenters. The van der Waals surface area contributed by atoms with Crippen LogP contribution in [0.5, 0.6) is 0 Å². The van der Waals surface area contributed by atoms with Gasteiger partial charge in [-0.05, 0) is 37.8 Å². The number of fused-ring (bicyclic) bond motifs is 1. The highest BCUT2D eigenvalue weighted by Crippen LogP contribution is 2.50. The maximum atomic E-state index is 12.4. The lowest BCUT2D eigenvalue weighted by Crippen LogP contribution is -2.37. The molecule has 2 fully saturated rings. The highest BCUT2D eigenvalue weighted by Gasteiger charge is 2.56. The van der Waals surface area contributed by atoms with Gasteiger partial charge in [-0.1, -0.05) is 11.6 Å². The first-order chi connectivity index (χ1) is 11.6. The van der Waals surface area contributed by atoms with Crippen molar-refractivity contribution in [2.45, 2.75) is 26.2 Å². The second-order valence-corrected chi connectivity index (χ2v) is 6.64. The lowest BCUT2D eigenvalue weighted by atomic mass is 9.81. The molecule has 24 heavy (non-hydrogen) atoms. The first-order valence-corrected chi connectivity index (χ1v) is 8.23. The average molecular weight is 328 g/mol. The summed E-state index contributed by atoms with van der Waals surface area (Å²) in [6, 6.07) is 3.78. The maximum Gasteiger partial charge on any atom is 0.313 e. The molecule has 0 N–H and O–H groups in total. The van der Waals surface area contributed by atoms with E-state index in [1.165, 1.54) is 7.11 Å². The molecule has 1 aliphatic heterocycles. The molecule has 2 atom stereocenters. The number of hydrogen-bond donors (Lipinski definition) is 0. The van der Waals surface area contributed by atoms with E-state index in [1.807, 2.05) is 12.1 Å². The van der Waals surface area contributed by atoms with Crippen molar-refractivity contribution in [2.75, 3.05) is 25.1 Å². The number of aromatic nitrogens is 3. The second-order valence-electron chi connectivity index (χ2n) is 6.64. The summed E-state index contributed by atoms with van der Waals surface area (Å²) >= 11 is 0. The lowest BCUT2D eigenvalue weighted by Gasteiger charge is -2.26. The summed E-state index contributed by atoms with van der Waals surface area (Å²) in [5.41, 5.74) is 0.395.